The number of hydrogen-bond acceptors (Lipinski definition) is 29. The molecule has 6 aromatic carbocycles. The van der Waals surface area contributed by atoms with Crippen LogP contribution in [0.5, 0.6) is 0 Å². The standard InChI is InChI=1S/C34H40N4O7.C33H39N5O7.C33H39N5O6S/c1-22(35)30(39)36-29(23(2)44-20-24-10-5-4-6-11-24)32(40)38-16-8-14-27(38)31-37-34(21-45-31,33(41)42-3)19-25-12-7-13-26(18-25)28-15-9-17-43-28;1-21(34)28(39)36-27(22(2)44-19-23-9-5-4-6-10-23)31(40)38-15-8-13-26(38)30-37-33(20-45-30,32(41)42-3)18-24-11-7-12-25(17-24)29-35-14-16-43-29;1-21(34)28(39)36-27(22(2)43-19-23-9-5-4-6-10-23)31(40)38-15-8-13-26(38)29-37-33(20-44-29,32(41)42-3)18-24-11-7-12-25(17-24)30-35-14-16-45-30/h4-7,9-13,15,17-18,22-23,27,29H,8,14,16,19-21,35H2,1-3H3,(H,36,39);2*4-7,9-12,14,16-17,21-22,26-27H,8,13,15,18-20,34H2,1-3H3,(H,36,39)/t22-,23?,27-,29-,34+;2*21-,22?,26-,27-,33+/m000/s1. The molecule has 9 aromatic rings. The van der Waals surface area contributed by atoms with E-state index in [-0.39, 0.29) is 82.5 Å². The summed E-state index contributed by atoms with van der Waals surface area (Å²) < 4.78 is 63.0. The summed E-state index contributed by atoms with van der Waals surface area (Å²) in [5.74, 6) is -1.92. The number of likely N-dealkylation sites (tertiary alicyclic amines) is 3. The predicted molar refractivity (Wildman–Crippen MR) is 502 cm³/mol. The maximum Gasteiger partial charge on any atom is 0.337 e. The normalized spacial score (nSPS) is 21.4. The van der Waals surface area contributed by atoms with Gasteiger partial charge in [0.15, 0.2) is 16.6 Å². The first-order valence-electron chi connectivity index (χ1n) is 45.2. The second-order valence-electron chi connectivity index (χ2n) is 34.5. The van der Waals surface area contributed by atoms with E-state index in [1.165, 1.54) is 38.9 Å². The molecule has 0 aliphatic carbocycles. The number of nitrogens with zero attached hydrogens (tertiary/aromatic N) is 8. The molecular weight excluding hydrogens is 1750 g/mol. The van der Waals surface area contributed by atoms with E-state index in [1.807, 2.05) is 181 Å². The van der Waals surface area contributed by atoms with Gasteiger partial charge in [0, 0.05) is 67.2 Å². The van der Waals surface area contributed by atoms with E-state index >= 15 is 0 Å². The van der Waals surface area contributed by atoms with Gasteiger partial charge in [-0.05, 0) is 150 Å². The number of furan rings is 1. The first-order valence-corrected chi connectivity index (χ1v) is 46.1. The molecule has 3 saturated heterocycles. The summed E-state index contributed by atoms with van der Waals surface area (Å²) in [6.45, 7) is 11.9. The lowest BCUT2D eigenvalue weighted by Crippen LogP contribution is -2.58. The number of nitrogens with two attached hydrogens (primary N) is 3. The van der Waals surface area contributed by atoms with Gasteiger partial charge in [-0.3, -0.25) is 28.8 Å². The molecular formula is C100H118N14O20S. The van der Waals surface area contributed by atoms with Crippen LogP contribution < -0.4 is 33.2 Å². The number of aromatic nitrogens is 2. The van der Waals surface area contributed by atoms with Crippen LogP contribution in [0.3, 0.4) is 0 Å². The Balaban J connectivity index is 0.000000171. The van der Waals surface area contributed by atoms with Crippen molar-refractivity contribution >= 4 is 82.4 Å². The second kappa shape index (κ2) is 46.2. The lowest BCUT2D eigenvalue weighted by atomic mass is 9.91. The fraction of sp³-hybridized carbons (Fsp3) is 0.420. The van der Waals surface area contributed by atoms with E-state index < -0.39 is 125 Å². The molecule has 6 aliphatic heterocycles. The zero-order valence-electron chi connectivity index (χ0n) is 77.2. The summed E-state index contributed by atoms with van der Waals surface area (Å²) in [7, 11) is 3.97. The third-order valence-electron chi connectivity index (χ3n) is 24.4. The minimum absolute atomic E-state index is 0.0174. The number of nitrogens with one attached hydrogen (secondary N) is 3. The highest BCUT2D eigenvalue weighted by atomic mass is 32.1. The summed E-state index contributed by atoms with van der Waals surface area (Å²) in [5, 5.41) is 11.2. The van der Waals surface area contributed by atoms with Gasteiger partial charge in [-0.25, -0.2) is 39.3 Å². The van der Waals surface area contributed by atoms with Gasteiger partial charge in [-0.1, -0.05) is 140 Å². The summed E-state index contributed by atoms with van der Waals surface area (Å²) in [6.07, 6.45) is 8.96. The van der Waals surface area contributed by atoms with Crippen LogP contribution in [-0.4, -0.2) is 246 Å². The number of thiazole rings is 1. The molecule has 15 rings (SSSR count). The number of rotatable bonds is 36. The maximum absolute atomic E-state index is 14.1. The van der Waals surface area contributed by atoms with Gasteiger partial charge in [-0.2, -0.15) is 0 Å². The molecule has 0 saturated carbocycles. The lowest BCUT2D eigenvalue weighted by Gasteiger charge is -2.32. The van der Waals surface area contributed by atoms with Gasteiger partial charge in [0.1, 0.15) is 73.1 Å². The van der Waals surface area contributed by atoms with Crippen molar-refractivity contribution in [1.82, 2.24) is 40.6 Å². The van der Waals surface area contributed by atoms with Crippen LogP contribution >= 0.6 is 11.3 Å². The Bertz CT molecular complexity index is 5080. The van der Waals surface area contributed by atoms with Gasteiger partial charge in [-0.15, -0.1) is 11.3 Å². The SMILES string of the molecule is COC(=O)[C@@]1(Cc2cccc(-c3ccco3)c2)COC([C@@H]2CCCN2C(=O)[C@@H](NC(=O)[C@H](C)N)C(C)OCc2ccccc2)=N1.COC(=O)[C@@]1(Cc2cccc(-c3ncco3)c2)COC([C@@H]2CCCN2C(=O)[C@@H](NC(=O)[C@H](C)N)C(C)OCc2ccccc2)=N1.COC(=O)[C@@]1(Cc2cccc(-c3nccs3)c2)COC([C@@H]2CCCN2C(=O)[C@@H](NC(=O)[C@H](C)N)C(C)OCc2ccccc2)=N1. The van der Waals surface area contributed by atoms with Gasteiger partial charge >= 0.3 is 17.9 Å². The molecule has 34 nitrogen and oxygen atoms in total. The number of carbonyl (C=O) groups is 9. The Morgan fingerprint density at radius 3 is 1.09 bits per heavy atom. The van der Waals surface area contributed by atoms with Crippen molar-refractivity contribution in [2.24, 2.45) is 32.2 Å². The van der Waals surface area contributed by atoms with Crippen molar-refractivity contribution in [3.8, 4) is 33.3 Å². The quantitative estimate of drug-likeness (QED) is 0.0157. The van der Waals surface area contributed by atoms with Gasteiger partial charge in [0.25, 0.3) is 0 Å². The van der Waals surface area contributed by atoms with Crippen molar-refractivity contribution in [3.05, 3.63) is 240 Å². The number of benzene rings is 6. The molecule has 3 fully saturated rings. The molecule has 0 radical (unpaired) electrons. The van der Waals surface area contributed by atoms with E-state index in [9.17, 15) is 43.2 Å². The van der Waals surface area contributed by atoms with Crippen LogP contribution in [0.15, 0.2) is 230 Å². The minimum atomic E-state index is -1.34. The number of aliphatic imine (C=N–C) groups is 3. The molecule has 714 valence electrons. The van der Waals surface area contributed by atoms with Crippen molar-refractivity contribution in [3.63, 3.8) is 0 Å². The fourth-order valence-electron chi connectivity index (χ4n) is 17.0. The molecule has 6 amide bonds. The van der Waals surface area contributed by atoms with Crippen molar-refractivity contribution < 1.29 is 94.6 Å². The average molecular weight is 1870 g/mol. The van der Waals surface area contributed by atoms with Crippen LogP contribution in [0.25, 0.3) is 33.3 Å². The predicted octanol–water partition coefficient (Wildman–Crippen LogP) is 9.03. The Morgan fingerprint density at radius 2 is 0.763 bits per heavy atom. The molecule has 9 heterocycles. The maximum atomic E-state index is 14.1. The Labute approximate surface area is 787 Å². The highest BCUT2D eigenvalue weighted by molar-refractivity contribution is 7.13. The molecule has 15 atom stereocenters. The molecule has 0 bridgehead atoms. The number of methoxy groups -OCH3 is 3. The van der Waals surface area contributed by atoms with E-state index in [2.05, 4.69) is 25.9 Å². The highest BCUT2D eigenvalue weighted by Gasteiger charge is 2.54. The van der Waals surface area contributed by atoms with Crippen molar-refractivity contribution in [1.29, 1.82) is 0 Å². The molecule has 0 spiro atoms. The summed E-state index contributed by atoms with van der Waals surface area (Å²) >= 11 is 1.53. The summed E-state index contributed by atoms with van der Waals surface area (Å²) in [4.78, 5) is 148. The highest BCUT2D eigenvalue weighted by Crippen LogP contribution is 2.38. The minimum Gasteiger partial charge on any atom is -0.476 e. The Morgan fingerprint density at radius 1 is 0.415 bits per heavy atom. The van der Waals surface area contributed by atoms with Crippen LogP contribution in [-0.2, 0) is 125 Å². The number of ether oxygens (including phenoxy) is 9. The van der Waals surface area contributed by atoms with Crippen molar-refractivity contribution in [2.75, 3.05) is 60.8 Å². The molecule has 35 heteroatoms. The van der Waals surface area contributed by atoms with Gasteiger partial charge in [0.2, 0.25) is 59.0 Å². The number of amides is 6. The largest absolute Gasteiger partial charge is 0.476 e. The number of hydrogen-bond donors (Lipinski definition) is 6. The van der Waals surface area contributed by atoms with E-state index in [0.717, 1.165) is 55.1 Å². The lowest BCUT2D eigenvalue weighted by molar-refractivity contribution is -0.148. The molecule has 135 heavy (non-hydrogen) atoms. The zero-order valence-corrected chi connectivity index (χ0v) is 78.0. The van der Waals surface area contributed by atoms with Crippen molar-refractivity contribution in [2.45, 2.75) is 208 Å². The van der Waals surface area contributed by atoms with Crippen LogP contribution in [0.4, 0.5) is 0 Å². The Kier molecular flexibility index (Phi) is 34.0. The summed E-state index contributed by atoms with van der Waals surface area (Å²) in [6, 6.07) is 48.4. The first-order chi connectivity index (χ1) is 65.1. The van der Waals surface area contributed by atoms with Crippen LogP contribution in [0.2, 0.25) is 0 Å². The molecule has 3 unspecified atom stereocenters. The number of carbonyl (C=O) groups excluding carboxylic acids is 9. The number of esters is 3. The van der Waals surface area contributed by atoms with Crippen LogP contribution in [0.1, 0.15) is 113 Å². The van der Waals surface area contributed by atoms with E-state index in [4.69, 9.17) is 83.6 Å². The third-order valence-corrected chi connectivity index (χ3v) is 25.2. The first kappa shape index (κ1) is 99.3. The van der Waals surface area contributed by atoms with Gasteiger partial charge < -0.3 is 99.3 Å². The second-order valence-corrected chi connectivity index (χ2v) is 35.4. The van der Waals surface area contributed by atoms with Gasteiger partial charge in [0.05, 0.1) is 90.0 Å². The Hall–Kier alpha value is -13.2. The summed E-state index contributed by atoms with van der Waals surface area (Å²) in [5.41, 5.74) is 21.5. The third kappa shape index (κ3) is 24.7. The molecule has 6 aliphatic rings. The fourth-order valence-corrected chi connectivity index (χ4v) is 17.7. The van der Waals surface area contributed by atoms with E-state index in [1.54, 1.807) is 74.9 Å². The number of oxazole rings is 1. The molecule has 9 N–H and O–H groups in total. The monoisotopic (exact) mass is 1870 g/mol. The smallest absolute Gasteiger partial charge is 0.337 e. The zero-order chi connectivity index (χ0) is 95.9. The molecule has 3 aromatic heterocycles. The van der Waals surface area contributed by atoms with Crippen LogP contribution in [0, 0.1) is 0 Å². The average Bonchev–Trinajstić information content (AvgIpc) is 1.63. The van der Waals surface area contributed by atoms with E-state index in [0.29, 0.717) is 81.6 Å². The topological polar surface area (TPSA) is 450 Å².